The van der Waals surface area contributed by atoms with E-state index in [1.807, 2.05) is 24.6 Å². The number of fused-ring (bicyclic) bond motifs is 1. The number of carbonyl (C=O) groups is 1. The molecule has 1 fully saturated rings. The summed E-state index contributed by atoms with van der Waals surface area (Å²) in [4.78, 5) is 31.5. The number of aryl methyl sites for hydroxylation is 1. The molecule has 182 valence electrons. The zero-order chi connectivity index (χ0) is 31.0. The van der Waals surface area contributed by atoms with Gasteiger partial charge in [0, 0.05) is 36.6 Å². The molecule has 0 aliphatic carbocycles. The minimum atomic E-state index is -2.37. The van der Waals surface area contributed by atoms with Crippen molar-refractivity contribution in [3.05, 3.63) is 60.4 Å². The normalized spacial score (nSPS) is 19.7. The summed E-state index contributed by atoms with van der Waals surface area (Å²) in [5, 5.41) is -7.53. The van der Waals surface area contributed by atoms with E-state index in [-0.39, 0.29) is 17.2 Å². The number of hydrogen-bond donors (Lipinski definition) is 1. The van der Waals surface area contributed by atoms with Gasteiger partial charge in [0.25, 0.3) is 5.91 Å². The number of amides is 1. The van der Waals surface area contributed by atoms with E-state index in [0.29, 0.717) is 5.69 Å². The zero-order valence-corrected chi connectivity index (χ0v) is 23.0. The minimum absolute atomic E-state index is 0.0888. The summed E-state index contributed by atoms with van der Waals surface area (Å²) in [6.45, 7) is 1.90. The highest BCUT2D eigenvalue weighted by Gasteiger charge is 2.64. The van der Waals surface area contributed by atoms with E-state index in [2.05, 4.69) is 25.3 Å². The summed E-state index contributed by atoms with van der Waals surface area (Å²) in [6.07, 6.45) is 6.31. The standard InChI is InChI=1S/C24H15B10N7O/c1-11-36-10-16(40(11)2)15-5-13-6-17(38-9-14(13)8-37-15)39-19(42)12-3-4-35-18(7-12)41-23(31,32)21(27,28)20(25,26)22(29,30)24(41,33)34/h3-10H,1-2H3,(H,38,39,42). The second-order valence-electron chi connectivity index (χ2n) is 10.7. The van der Waals surface area contributed by atoms with E-state index in [1.165, 1.54) is 18.3 Å². The molecule has 18 heteroatoms. The maximum atomic E-state index is 13.3. The number of nitrogens with one attached hydrogen (secondary N) is 1. The highest BCUT2D eigenvalue weighted by molar-refractivity contribution is 6.71. The second-order valence-corrected chi connectivity index (χ2v) is 10.7. The van der Waals surface area contributed by atoms with Crippen molar-refractivity contribution in [2.75, 3.05) is 10.2 Å². The van der Waals surface area contributed by atoms with Crippen LogP contribution in [0.5, 0.6) is 0 Å². The minimum Gasteiger partial charge on any atom is -0.382 e. The van der Waals surface area contributed by atoms with Crippen molar-refractivity contribution in [3.63, 3.8) is 0 Å². The molecule has 20 radical (unpaired) electrons. The first-order chi connectivity index (χ1) is 19.3. The molecular weight excluding hydrogens is 510 g/mol. The van der Waals surface area contributed by atoms with Gasteiger partial charge in [-0.05, 0) is 47.3 Å². The van der Waals surface area contributed by atoms with E-state index < -0.39 is 32.2 Å². The summed E-state index contributed by atoms with van der Waals surface area (Å²) in [5.41, 5.74) is 1.63. The largest absolute Gasteiger partial charge is 0.382 e. The Kier molecular flexibility index (Phi) is 6.98. The molecular formula is C24H15B10N7O. The second kappa shape index (κ2) is 9.68. The Bertz CT molecular complexity index is 1690. The molecule has 1 aliphatic heterocycles. The van der Waals surface area contributed by atoms with E-state index in [4.69, 9.17) is 78.5 Å². The molecule has 4 aromatic heterocycles. The number of carbonyl (C=O) groups excluding carboxylic acids is 1. The van der Waals surface area contributed by atoms with Crippen molar-refractivity contribution in [3.8, 4) is 11.4 Å². The van der Waals surface area contributed by atoms with Crippen LogP contribution in [0, 0.1) is 6.92 Å². The molecule has 0 atom stereocenters. The number of hydrogen-bond acceptors (Lipinski definition) is 6. The topological polar surface area (TPSA) is 88.8 Å². The third kappa shape index (κ3) is 4.22. The predicted molar refractivity (Wildman–Crippen MR) is 172 cm³/mol. The molecule has 0 spiro atoms. The molecule has 42 heavy (non-hydrogen) atoms. The van der Waals surface area contributed by atoms with E-state index in [0.717, 1.165) is 27.2 Å². The van der Waals surface area contributed by atoms with Crippen LogP contribution in [0.1, 0.15) is 16.2 Å². The van der Waals surface area contributed by atoms with Crippen molar-refractivity contribution < 1.29 is 4.79 Å². The average Bonchev–Trinajstić information content (AvgIpc) is 3.25. The van der Waals surface area contributed by atoms with Gasteiger partial charge in [0.1, 0.15) is 17.5 Å². The summed E-state index contributed by atoms with van der Waals surface area (Å²) >= 11 is 0. The summed E-state index contributed by atoms with van der Waals surface area (Å²) < 4.78 is 1.93. The molecule has 1 amide bonds. The molecule has 0 aromatic carbocycles. The molecule has 1 aliphatic rings. The van der Waals surface area contributed by atoms with Crippen LogP contribution < -0.4 is 10.2 Å². The smallest absolute Gasteiger partial charge is 0.257 e. The Hall–Kier alpha value is -3.16. The van der Waals surface area contributed by atoms with Crippen LogP contribution in [0.25, 0.3) is 22.2 Å². The molecule has 5 rings (SSSR count). The zero-order valence-electron chi connectivity index (χ0n) is 23.0. The van der Waals surface area contributed by atoms with Crippen molar-refractivity contribution in [1.82, 2.24) is 24.5 Å². The molecule has 0 saturated carbocycles. The first kappa shape index (κ1) is 30.3. The van der Waals surface area contributed by atoms with E-state index in [1.54, 1.807) is 24.7 Å². The van der Waals surface area contributed by atoms with Gasteiger partial charge in [0.05, 0.1) is 96.0 Å². The third-order valence-electron chi connectivity index (χ3n) is 8.00. The van der Waals surface area contributed by atoms with Crippen LogP contribution in [0.15, 0.2) is 49.1 Å². The number of imidazole rings is 1. The predicted octanol–water partition coefficient (Wildman–Crippen LogP) is -0.853. The molecule has 1 N–H and O–H groups in total. The van der Waals surface area contributed by atoms with Gasteiger partial charge in [-0.15, -0.1) is 15.6 Å². The van der Waals surface area contributed by atoms with Crippen LogP contribution in [-0.2, 0) is 7.05 Å². The number of anilines is 2. The summed E-state index contributed by atoms with van der Waals surface area (Å²) in [7, 11) is 64.3. The molecule has 4 aromatic rings. The highest BCUT2D eigenvalue weighted by Crippen LogP contribution is 2.69. The number of rotatable bonds is 4. The van der Waals surface area contributed by atoms with E-state index in [9.17, 15) is 4.79 Å². The van der Waals surface area contributed by atoms with Gasteiger partial charge in [-0.25, -0.2) is 15.0 Å². The van der Waals surface area contributed by atoms with Gasteiger partial charge < -0.3 is 14.8 Å². The number of piperidine rings is 1. The summed E-state index contributed by atoms with van der Waals surface area (Å²) in [5.74, 6) is 0.408. The van der Waals surface area contributed by atoms with Gasteiger partial charge in [-0.1, -0.05) is 0 Å². The summed E-state index contributed by atoms with van der Waals surface area (Å²) in [6, 6.07) is 6.30. The average molecular weight is 526 g/mol. The van der Waals surface area contributed by atoms with E-state index >= 15 is 0 Å². The Morgan fingerprint density at radius 3 is 1.98 bits per heavy atom. The monoisotopic (exact) mass is 527 g/mol. The fourth-order valence-corrected chi connectivity index (χ4v) is 4.92. The lowest BCUT2D eigenvalue weighted by Gasteiger charge is -2.79. The lowest BCUT2D eigenvalue weighted by Crippen LogP contribution is -2.81. The van der Waals surface area contributed by atoms with Crippen molar-refractivity contribution >= 4 is 107 Å². The number of nitrogens with zero attached hydrogens (tertiary/aromatic N) is 6. The SMILES string of the molecule is [B]C1([B])N(c2cc(C(=O)Nc3cc4cc(-c5cnc(C)n5C)ncc4cn3)ccn2)C([B])([B])C([B])([B])C([B])([B])C1([B])[B]. The lowest BCUT2D eigenvalue weighted by atomic mass is 9.05. The maximum absolute atomic E-state index is 13.3. The quantitative estimate of drug-likeness (QED) is 0.349. The van der Waals surface area contributed by atoms with Gasteiger partial charge in [0.2, 0.25) is 0 Å². The lowest BCUT2D eigenvalue weighted by molar-refractivity contribution is 0.102. The van der Waals surface area contributed by atoms with Crippen LogP contribution in [-0.4, -0.2) is 120 Å². The Morgan fingerprint density at radius 1 is 0.762 bits per heavy atom. The van der Waals surface area contributed by atoms with Crippen LogP contribution in [0.2, 0.25) is 15.6 Å². The third-order valence-corrected chi connectivity index (χ3v) is 8.00. The molecule has 5 heterocycles. The molecule has 0 bridgehead atoms. The Labute approximate surface area is 257 Å². The maximum Gasteiger partial charge on any atom is 0.257 e. The van der Waals surface area contributed by atoms with Gasteiger partial charge in [-0.3, -0.25) is 9.78 Å². The number of pyridine rings is 3. The highest BCUT2D eigenvalue weighted by atomic mass is 16.1. The number of aromatic nitrogens is 5. The fraction of sp³-hybridized carbons (Fsp3) is 0.292. The molecule has 8 nitrogen and oxygen atoms in total. The van der Waals surface area contributed by atoms with Gasteiger partial charge in [-0.2, -0.15) is 0 Å². The first-order valence-corrected chi connectivity index (χ1v) is 12.6. The first-order valence-electron chi connectivity index (χ1n) is 12.6. The van der Waals surface area contributed by atoms with Gasteiger partial charge >= 0.3 is 0 Å². The van der Waals surface area contributed by atoms with Gasteiger partial charge in [0.15, 0.2) is 0 Å². The molecule has 0 unspecified atom stereocenters. The molecule has 1 saturated heterocycles. The van der Waals surface area contributed by atoms with Crippen LogP contribution in [0.3, 0.4) is 0 Å². The Morgan fingerprint density at radius 2 is 1.38 bits per heavy atom. The fourth-order valence-electron chi connectivity index (χ4n) is 4.92. The van der Waals surface area contributed by atoms with Crippen LogP contribution >= 0.6 is 0 Å². The Balaban J connectivity index is 1.48. The van der Waals surface area contributed by atoms with Crippen molar-refractivity contribution in [2.24, 2.45) is 7.05 Å². The van der Waals surface area contributed by atoms with Crippen molar-refractivity contribution in [1.29, 1.82) is 0 Å². The van der Waals surface area contributed by atoms with Crippen molar-refractivity contribution in [2.45, 2.75) is 33.2 Å². The van der Waals surface area contributed by atoms with Crippen LogP contribution in [0.4, 0.5) is 11.6 Å².